The number of para-hydroxylation sites is 1. The van der Waals surface area contributed by atoms with Crippen molar-refractivity contribution < 1.29 is 14.6 Å². The van der Waals surface area contributed by atoms with Gasteiger partial charge >= 0.3 is 5.97 Å². The number of rotatable bonds is 4. The van der Waals surface area contributed by atoms with Crippen LogP contribution in [0.2, 0.25) is 5.02 Å². The van der Waals surface area contributed by atoms with Crippen molar-refractivity contribution in [1.29, 1.82) is 0 Å². The molecule has 0 saturated carbocycles. The molecule has 31 heavy (non-hydrogen) atoms. The highest BCUT2D eigenvalue weighted by molar-refractivity contribution is 7.07. The Kier molecular flexibility index (Phi) is 5.80. The summed E-state index contributed by atoms with van der Waals surface area (Å²) in [5, 5.41) is 10.6. The van der Waals surface area contributed by atoms with Gasteiger partial charge in [-0.2, -0.15) is 0 Å². The quantitative estimate of drug-likeness (QED) is 0.614. The van der Waals surface area contributed by atoms with Crippen molar-refractivity contribution in [2.75, 3.05) is 6.61 Å². The standard InChI is InChI=1S/C23H19ClN2O4S/c1-3-30-22(29)19-13(2)25-23-26(20(19)14-8-10-16(24)11-9-14)21(28)18(31-23)12-15-6-4-5-7-17(15)27/h4-12,20,27H,3H2,1-2H3/b18-12-. The Hall–Kier alpha value is -3.16. The van der Waals surface area contributed by atoms with Crippen molar-refractivity contribution in [3.05, 3.63) is 95.6 Å². The molecule has 0 aliphatic carbocycles. The summed E-state index contributed by atoms with van der Waals surface area (Å²) in [5.41, 5.74) is 1.75. The summed E-state index contributed by atoms with van der Waals surface area (Å²) in [5.74, 6) is -0.440. The number of nitrogens with zero attached hydrogens (tertiary/aromatic N) is 2. The summed E-state index contributed by atoms with van der Waals surface area (Å²) in [4.78, 5) is 31.2. The van der Waals surface area contributed by atoms with E-state index in [0.717, 1.165) is 5.56 Å². The number of aromatic hydroxyl groups is 1. The Labute approximate surface area is 187 Å². The van der Waals surface area contributed by atoms with Gasteiger partial charge in [-0.1, -0.05) is 53.3 Å². The number of phenols is 1. The van der Waals surface area contributed by atoms with Crippen molar-refractivity contribution in [2.24, 2.45) is 4.99 Å². The molecular weight excluding hydrogens is 436 g/mol. The third-order valence-corrected chi connectivity index (χ3v) is 6.16. The van der Waals surface area contributed by atoms with E-state index < -0.39 is 12.0 Å². The smallest absolute Gasteiger partial charge is 0.338 e. The van der Waals surface area contributed by atoms with Gasteiger partial charge in [-0.3, -0.25) is 9.36 Å². The van der Waals surface area contributed by atoms with Gasteiger partial charge in [-0.25, -0.2) is 9.79 Å². The van der Waals surface area contributed by atoms with E-state index in [1.165, 1.54) is 15.9 Å². The molecule has 158 valence electrons. The molecule has 1 aliphatic rings. The number of hydrogen-bond donors (Lipinski definition) is 1. The minimum Gasteiger partial charge on any atom is -0.507 e. The maximum Gasteiger partial charge on any atom is 0.338 e. The zero-order chi connectivity index (χ0) is 22.1. The van der Waals surface area contributed by atoms with Crippen LogP contribution in [-0.2, 0) is 9.53 Å². The Balaban J connectivity index is 1.97. The van der Waals surface area contributed by atoms with Gasteiger partial charge < -0.3 is 9.84 Å². The lowest BCUT2D eigenvalue weighted by molar-refractivity contribution is -0.139. The molecule has 1 aliphatic heterocycles. The van der Waals surface area contributed by atoms with Gasteiger partial charge in [-0.15, -0.1) is 0 Å². The molecule has 6 nitrogen and oxygen atoms in total. The third-order valence-electron chi connectivity index (χ3n) is 4.93. The minimum atomic E-state index is -0.695. The summed E-state index contributed by atoms with van der Waals surface area (Å²) >= 11 is 7.25. The van der Waals surface area contributed by atoms with Crippen LogP contribution >= 0.6 is 22.9 Å². The number of benzene rings is 2. The SMILES string of the molecule is CCOC(=O)C1=C(C)N=c2s/c(=C\c3ccccc3O)c(=O)n2C1c1ccc(Cl)cc1. The second-order valence-corrected chi connectivity index (χ2v) is 8.36. The van der Waals surface area contributed by atoms with Crippen LogP contribution < -0.4 is 14.9 Å². The molecule has 1 atom stereocenters. The van der Waals surface area contributed by atoms with Crippen molar-refractivity contribution in [1.82, 2.24) is 4.57 Å². The molecule has 1 aromatic heterocycles. The molecule has 0 amide bonds. The normalized spacial score (nSPS) is 16.1. The molecule has 0 spiro atoms. The lowest BCUT2D eigenvalue weighted by Gasteiger charge is -2.24. The van der Waals surface area contributed by atoms with Crippen molar-refractivity contribution >= 4 is 35.0 Å². The fourth-order valence-corrected chi connectivity index (χ4v) is 4.67. The van der Waals surface area contributed by atoms with Crippen molar-refractivity contribution in [2.45, 2.75) is 19.9 Å². The van der Waals surface area contributed by atoms with Gasteiger partial charge in [0.2, 0.25) is 0 Å². The first-order chi connectivity index (χ1) is 14.9. The van der Waals surface area contributed by atoms with Gasteiger partial charge in [-0.05, 0) is 43.7 Å². The van der Waals surface area contributed by atoms with E-state index in [2.05, 4.69) is 4.99 Å². The number of ether oxygens (including phenoxy) is 1. The molecule has 0 saturated heterocycles. The van der Waals surface area contributed by atoms with Crippen LogP contribution in [0.1, 0.15) is 31.0 Å². The Bertz CT molecular complexity index is 1370. The van der Waals surface area contributed by atoms with Crippen LogP contribution in [-0.4, -0.2) is 22.2 Å². The number of hydrogen-bond acceptors (Lipinski definition) is 6. The molecule has 4 rings (SSSR count). The zero-order valence-electron chi connectivity index (χ0n) is 16.8. The molecule has 3 aromatic rings. The lowest BCUT2D eigenvalue weighted by atomic mass is 9.96. The first-order valence-corrected chi connectivity index (χ1v) is 10.8. The van der Waals surface area contributed by atoms with E-state index >= 15 is 0 Å². The Morgan fingerprint density at radius 3 is 2.65 bits per heavy atom. The average Bonchev–Trinajstić information content (AvgIpc) is 3.04. The van der Waals surface area contributed by atoms with Gasteiger partial charge in [0.05, 0.1) is 28.5 Å². The highest BCUT2D eigenvalue weighted by Gasteiger charge is 2.33. The van der Waals surface area contributed by atoms with Crippen molar-refractivity contribution in [3.8, 4) is 5.75 Å². The lowest BCUT2D eigenvalue weighted by Crippen LogP contribution is -2.39. The number of fused-ring (bicyclic) bond motifs is 1. The van der Waals surface area contributed by atoms with E-state index in [0.29, 0.717) is 31.2 Å². The average molecular weight is 455 g/mol. The maximum atomic E-state index is 13.4. The summed E-state index contributed by atoms with van der Waals surface area (Å²) in [6.45, 7) is 3.67. The van der Waals surface area contributed by atoms with E-state index in [-0.39, 0.29) is 17.9 Å². The largest absolute Gasteiger partial charge is 0.507 e. The van der Waals surface area contributed by atoms with Crippen LogP contribution in [0.15, 0.2) is 69.6 Å². The van der Waals surface area contributed by atoms with E-state index in [1.54, 1.807) is 68.5 Å². The summed E-state index contributed by atoms with van der Waals surface area (Å²) < 4.78 is 7.16. The van der Waals surface area contributed by atoms with Gasteiger partial charge in [0, 0.05) is 10.6 Å². The van der Waals surface area contributed by atoms with Crippen molar-refractivity contribution in [3.63, 3.8) is 0 Å². The van der Waals surface area contributed by atoms with E-state index in [9.17, 15) is 14.7 Å². The predicted molar refractivity (Wildman–Crippen MR) is 120 cm³/mol. The summed E-state index contributed by atoms with van der Waals surface area (Å²) in [6.07, 6.45) is 1.63. The second kappa shape index (κ2) is 8.53. The molecule has 2 aromatic carbocycles. The van der Waals surface area contributed by atoms with Crippen LogP contribution in [0.3, 0.4) is 0 Å². The van der Waals surface area contributed by atoms with Crippen LogP contribution in [0.5, 0.6) is 5.75 Å². The van der Waals surface area contributed by atoms with Crippen LogP contribution in [0, 0.1) is 0 Å². The summed E-state index contributed by atoms with van der Waals surface area (Å²) in [6, 6.07) is 13.1. The number of carbonyl (C=O) groups excluding carboxylic acids is 1. The van der Waals surface area contributed by atoms with Crippen LogP contribution in [0.25, 0.3) is 6.08 Å². The van der Waals surface area contributed by atoms with E-state index in [4.69, 9.17) is 16.3 Å². The number of phenolic OH excluding ortho intramolecular Hbond substituents is 1. The molecule has 0 fully saturated rings. The summed E-state index contributed by atoms with van der Waals surface area (Å²) in [7, 11) is 0. The Morgan fingerprint density at radius 2 is 1.97 bits per heavy atom. The third kappa shape index (κ3) is 3.94. The second-order valence-electron chi connectivity index (χ2n) is 6.91. The highest BCUT2D eigenvalue weighted by Crippen LogP contribution is 2.31. The first-order valence-electron chi connectivity index (χ1n) is 9.64. The van der Waals surface area contributed by atoms with Gasteiger partial charge in [0.25, 0.3) is 5.56 Å². The number of esters is 1. The number of allylic oxidation sites excluding steroid dienone is 1. The molecular formula is C23H19ClN2O4S. The molecule has 1 unspecified atom stereocenters. The Morgan fingerprint density at radius 1 is 1.26 bits per heavy atom. The molecule has 2 heterocycles. The van der Waals surface area contributed by atoms with Gasteiger partial charge in [0.15, 0.2) is 4.80 Å². The number of carbonyl (C=O) groups is 1. The van der Waals surface area contributed by atoms with E-state index in [1.807, 2.05) is 0 Å². The monoisotopic (exact) mass is 454 g/mol. The highest BCUT2D eigenvalue weighted by atomic mass is 35.5. The number of thiazole rings is 1. The fourth-order valence-electron chi connectivity index (χ4n) is 3.50. The van der Waals surface area contributed by atoms with Gasteiger partial charge in [0.1, 0.15) is 5.75 Å². The molecule has 1 N–H and O–H groups in total. The number of halogens is 1. The number of aromatic nitrogens is 1. The fraction of sp³-hybridized carbons (Fsp3) is 0.174. The molecule has 0 bridgehead atoms. The van der Waals surface area contributed by atoms with Crippen LogP contribution in [0.4, 0.5) is 0 Å². The zero-order valence-corrected chi connectivity index (χ0v) is 18.4. The maximum absolute atomic E-state index is 13.4. The minimum absolute atomic E-state index is 0.0750. The molecule has 8 heteroatoms. The predicted octanol–water partition coefficient (Wildman–Crippen LogP) is 3.16. The first kappa shape index (κ1) is 21.1. The topological polar surface area (TPSA) is 80.9 Å². The molecule has 0 radical (unpaired) electrons.